The molecule has 3 aromatic carbocycles. The Labute approximate surface area is 408 Å². The van der Waals surface area contributed by atoms with E-state index in [9.17, 15) is 43.2 Å². The van der Waals surface area contributed by atoms with E-state index in [1.54, 1.807) is 66.7 Å². The van der Waals surface area contributed by atoms with E-state index < -0.39 is 91.3 Å². The van der Waals surface area contributed by atoms with Crippen LogP contribution < -0.4 is 43.0 Å². The number of nitrogens with one attached hydrogen (secondary N) is 7. The fraction of sp³-hybridized carbons (Fsp3) is 0.449. The van der Waals surface area contributed by atoms with Crippen LogP contribution in [0, 0.1) is 5.92 Å². The third-order valence-corrected chi connectivity index (χ3v) is 10.3. The Morgan fingerprint density at radius 2 is 0.971 bits per heavy atom. The van der Waals surface area contributed by atoms with Crippen LogP contribution in [0.1, 0.15) is 56.2 Å². The normalized spacial score (nSPS) is 11.9. The van der Waals surface area contributed by atoms with Crippen LogP contribution in [0.3, 0.4) is 0 Å². The van der Waals surface area contributed by atoms with Crippen molar-refractivity contribution in [1.29, 1.82) is 0 Å². The van der Waals surface area contributed by atoms with Gasteiger partial charge < -0.3 is 62.2 Å². The lowest BCUT2D eigenvalue weighted by molar-refractivity contribution is -0.133. The van der Waals surface area contributed by atoms with Crippen molar-refractivity contribution in [2.75, 3.05) is 59.9 Å². The Morgan fingerprint density at radius 1 is 0.514 bits per heavy atom. The second kappa shape index (κ2) is 31.5. The number of hydrogen-bond donors (Lipinski definition) is 8. The van der Waals surface area contributed by atoms with Gasteiger partial charge in [0.2, 0.25) is 41.4 Å². The third kappa shape index (κ3) is 23.0. The largest absolute Gasteiger partial charge is 0.445 e. The van der Waals surface area contributed by atoms with E-state index in [4.69, 9.17) is 15.2 Å². The number of nitrogens with two attached hydrogens (primary N) is 1. The van der Waals surface area contributed by atoms with Crippen LogP contribution in [0.15, 0.2) is 91.0 Å². The molecule has 0 heterocycles. The van der Waals surface area contributed by atoms with Crippen molar-refractivity contribution in [3.8, 4) is 0 Å². The monoisotopic (exact) mass is 973 g/mol. The highest BCUT2D eigenvalue weighted by Crippen LogP contribution is 2.09. The van der Waals surface area contributed by atoms with Gasteiger partial charge in [0.05, 0.1) is 13.1 Å². The lowest BCUT2D eigenvalue weighted by Crippen LogP contribution is -2.56. The van der Waals surface area contributed by atoms with Gasteiger partial charge in [-0.3, -0.25) is 33.6 Å². The summed E-state index contributed by atoms with van der Waals surface area (Å²) < 4.78 is 10.5. The van der Waals surface area contributed by atoms with E-state index >= 15 is 0 Å². The summed E-state index contributed by atoms with van der Waals surface area (Å²) >= 11 is 0. The SMILES string of the molecule is CC(C)C[C@H](NC(=O)[C@H](Cc1ccccc1)NC(=O)CNC(=O)[C@H](CCCCN)NC(=O)CN(C)C(=O)OCc1ccccc1)C(=O)NCC(=O)NCCNC(=O)CN(C)C(=O)OCc1ccccc1. The number of amides is 9. The molecule has 3 atom stereocenters. The quantitative estimate of drug-likeness (QED) is 0.0450. The summed E-state index contributed by atoms with van der Waals surface area (Å²) in [5.41, 5.74) is 7.90. The van der Waals surface area contributed by atoms with Crippen LogP contribution >= 0.6 is 0 Å². The summed E-state index contributed by atoms with van der Waals surface area (Å²) in [7, 11) is 2.80. The summed E-state index contributed by atoms with van der Waals surface area (Å²) in [4.78, 5) is 119. The zero-order chi connectivity index (χ0) is 51.3. The van der Waals surface area contributed by atoms with Crippen LogP contribution in [-0.2, 0) is 62.7 Å². The fourth-order valence-electron chi connectivity index (χ4n) is 6.60. The molecule has 0 aliphatic rings. The first-order chi connectivity index (χ1) is 33.5. The van der Waals surface area contributed by atoms with E-state index in [1.165, 1.54) is 14.1 Å². The lowest BCUT2D eigenvalue weighted by atomic mass is 10.0. The van der Waals surface area contributed by atoms with E-state index in [-0.39, 0.29) is 58.0 Å². The zero-order valence-corrected chi connectivity index (χ0v) is 40.3. The molecular formula is C49H68N10O11. The number of carbonyl (C=O) groups excluding carboxylic acids is 9. The molecule has 21 heteroatoms. The van der Waals surface area contributed by atoms with Crippen molar-refractivity contribution in [3.63, 3.8) is 0 Å². The minimum absolute atomic E-state index is 0.00589. The molecule has 0 saturated heterocycles. The van der Waals surface area contributed by atoms with Crippen LogP contribution in [0.25, 0.3) is 0 Å². The molecule has 0 aromatic heterocycles. The Bertz CT molecular complexity index is 2150. The molecule has 0 fully saturated rings. The molecular weight excluding hydrogens is 905 g/mol. The fourth-order valence-corrected chi connectivity index (χ4v) is 6.60. The van der Waals surface area contributed by atoms with Crippen molar-refractivity contribution in [1.82, 2.24) is 47.0 Å². The summed E-state index contributed by atoms with van der Waals surface area (Å²) in [6, 6.07) is 23.5. The van der Waals surface area contributed by atoms with Crippen LogP contribution in [0.5, 0.6) is 0 Å². The van der Waals surface area contributed by atoms with Gasteiger partial charge in [-0.1, -0.05) is 105 Å². The van der Waals surface area contributed by atoms with Gasteiger partial charge in [0.15, 0.2) is 0 Å². The van der Waals surface area contributed by atoms with Crippen molar-refractivity contribution >= 4 is 53.5 Å². The van der Waals surface area contributed by atoms with Crippen LogP contribution in [0.2, 0.25) is 0 Å². The Kier molecular flexibility index (Phi) is 25.5. The number of carbonyl (C=O) groups is 9. The number of benzene rings is 3. The third-order valence-electron chi connectivity index (χ3n) is 10.3. The number of unbranched alkanes of at least 4 members (excludes halogenated alkanes) is 1. The molecule has 0 unspecified atom stereocenters. The van der Waals surface area contributed by atoms with Gasteiger partial charge in [-0.05, 0) is 54.8 Å². The molecule has 3 rings (SSSR count). The number of hydrogen-bond acceptors (Lipinski definition) is 12. The molecule has 21 nitrogen and oxygen atoms in total. The minimum Gasteiger partial charge on any atom is -0.445 e. The van der Waals surface area contributed by atoms with Crippen molar-refractivity contribution < 1.29 is 52.6 Å². The molecule has 0 spiro atoms. The van der Waals surface area contributed by atoms with E-state index in [0.29, 0.717) is 24.9 Å². The van der Waals surface area contributed by atoms with Crippen molar-refractivity contribution in [2.24, 2.45) is 11.7 Å². The maximum Gasteiger partial charge on any atom is 0.410 e. The highest BCUT2D eigenvalue weighted by atomic mass is 16.6. The summed E-state index contributed by atoms with van der Waals surface area (Å²) in [5.74, 6) is -4.53. The topological polar surface area (TPSA) is 289 Å². The highest BCUT2D eigenvalue weighted by molar-refractivity contribution is 5.95. The first-order valence-electron chi connectivity index (χ1n) is 23.1. The molecule has 3 aromatic rings. The molecule has 9 N–H and O–H groups in total. The van der Waals surface area contributed by atoms with Gasteiger partial charge in [0.25, 0.3) is 0 Å². The van der Waals surface area contributed by atoms with Gasteiger partial charge in [-0.25, -0.2) is 9.59 Å². The number of nitrogens with zero attached hydrogens (tertiary/aromatic N) is 2. The van der Waals surface area contributed by atoms with Gasteiger partial charge in [-0.15, -0.1) is 0 Å². The smallest absolute Gasteiger partial charge is 0.410 e. The van der Waals surface area contributed by atoms with Gasteiger partial charge >= 0.3 is 12.2 Å². The molecule has 0 aliphatic heterocycles. The molecule has 0 aliphatic carbocycles. The number of ether oxygens (including phenoxy) is 2. The van der Waals surface area contributed by atoms with Crippen molar-refractivity contribution in [2.45, 2.75) is 77.3 Å². The van der Waals surface area contributed by atoms with E-state index in [0.717, 1.165) is 20.9 Å². The first-order valence-corrected chi connectivity index (χ1v) is 23.1. The van der Waals surface area contributed by atoms with E-state index in [1.807, 2.05) is 38.1 Å². The van der Waals surface area contributed by atoms with Crippen LogP contribution in [-0.4, -0.2) is 141 Å². The maximum atomic E-state index is 13.9. The average Bonchev–Trinajstić information content (AvgIpc) is 3.34. The van der Waals surface area contributed by atoms with Gasteiger partial charge in [0.1, 0.15) is 44.4 Å². The number of rotatable bonds is 29. The standard InChI is InChI=1S/C49H68N10O11/c1-34(2)26-39(46(65)53-28-41(60)51-24-25-52-43(62)30-58(3)48(67)69-32-36-18-10-6-11-19-36)57-47(66)40(27-35-16-8-5-9-17-35)56-42(61)29-54-45(64)38(22-14-15-23-50)55-44(63)31-59(4)49(68)70-33-37-20-12-7-13-21-37/h5-13,16-21,34,38-40H,14-15,22-33,50H2,1-4H3,(H,51,60)(H,52,62)(H,53,65)(H,54,64)(H,55,63)(H,56,61)(H,57,66)/t38-,39-,40-/m0/s1. The highest BCUT2D eigenvalue weighted by Gasteiger charge is 2.29. The second-order valence-electron chi connectivity index (χ2n) is 16.8. The van der Waals surface area contributed by atoms with E-state index in [2.05, 4.69) is 37.2 Å². The van der Waals surface area contributed by atoms with Crippen LogP contribution in [0.4, 0.5) is 9.59 Å². The maximum absolute atomic E-state index is 13.9. The lowest BCUT2D eigenvalue weighted by Gasteiger charge is -2.25. The summed E-state index contributed by atoms with van der Waals surface area (Å²) in [6.07, 6.45) is 0.00199. The van der Waals surface area contributed by atoms with Gasteiger partial charge in [0, 0.05) is 33.6 Å². The molecule has 0 bridgehead atoms. The molecule has 70 heavy (non-hydrogen) atoms. The Morgan fingerprint density at radius 3 is 1.49 bits per heavy atom. The Balaban J connectivity index is 1.52. The summed E-state index contributed by atoms with van der Waals surface area (Å²) in [6.45, 7) is 2.45. The molecule has 380 valence electrons. The average molecular weight is 973 g/mol. The first kappa shape index (κ1) is 56.8. The summed E-state index contributed by atoms with van der Waals surface area (Å²) in [5, 5.41) is 18.2. The predicted octanol–water partition coefficient (Wildman–Crippen LogP) is 0.861. The minimum atomic E-state index is -1.20. The molecule has 0 radical (unpaired) electrons. The zero-order valence-electron chi connectivity index (χ0n) is 40.3. The molecule has 9 amide bonds. The van der Waals surface area contributed by atoms with Crippen molar-refractivity contribution in [3.05, 3.63) is 108 Å². The molecule has 0 saturated carbocycles. The van der Waals surface area contributed by atoms with Gasteiger partial charge in [-0.2, -0.15) is 0 Å². The number of likely N-dealkylation sites (N-methyl/N-ethyl adjacent to an activating group) is 2. The predicted molar refractivity (Wildman–Crippen MR) is 259 cm³/mol. The second-order valence-corrected chi connectivity index (χ2v) is 16.8. The Hall–Kier alpha value is -7.55.